The number of ether oxygens (including phenoxy) is 2. The fourth-order valence-corrected chi connectivity index (χ4v) is 2.87. The number of nitrogens with zero attached hydrogens (tertiary/aromatic N) is 1. The standard InChI is InChI=1S/C19H21IN2O3/c1-13-4-7-15(8-5-13)18(22-20)19(23)21-11-10-14-6-9-16(24-2)17(12-14)25-3/h4-9,12H,10-11H2,1-3H3,(H,21,23)/b22-18-. The minimum absolute atomic E-state index is 0.182. The molecule has 2 aromatic rings. The van der Waals surface area contributed by atoms with Crippen LogP contribution in [0.25, 0.3) is 0 Å². The third-order valence-corrected chi connectivity index (χ3v) is 4.25. The van der Waals surface area contributed by atoms with Crippen LogP contribution in [0.1, 0.15) is 16.7 Å². The number of hydrogen-bond donors (Lipinski definition) is 1. The number of aryl methyl sites for hydroxylation is 1. The Bertz CT molecular complexity index is 758. The maximum absolute atomic E-state index is 12.4. The molecular weight excluding hydrogens is 431 g/mol. The van der Waals surface area contributed by atoms with Crippen LogP contribution in [-0.4, -0.2) is 32.4 Å². The highest BCUT2D eigenvalue weighted by atomic mass is 127. The van der Waals surface area contributed by atoms with Crippen LogP contribution in [0, 0.1) is 6.92 Å². The smallest absolute Gasteiger partial charge is 0.271 e. The normalized spacial score (nSPS) is 11.1. The number of amides is 1. The van der Waals surface area contributed by atoms with Gasteiger partial charge in [0.15, 0.2) is 11.5 Å². The lowest BCUT2D eigenvalue weighted by Crippen LogP contribution is -2.32. The Morgan fingerprint density at radius 3 is 2.36 bits per heavy atom. The fraction of sp³-hybridized carbons (Fsp3) is 0.263. The summed E-state index contributed by atoms with van der Waals surface area (Å²) < 4.78 is 14.6. The molecule has 0 aliphatic rings. The Labute approximate surface area is 161 Å². The molecule has 0 aliphatic heterocycles. The van der Waals surface area contributed by atoms with Crippen molar-refractivity contribution in [3.05, 3.63) is 59.2 Å². The van der Waals surface area contributed by atoms with Crippen LogP contribution in [0.15, 0.2) is 45.7 Å². The Morgan fingerprint density at radius 2 is 1.76 bits per heavy atom. The van der Waals surface area contributed by atoms with Crippen LogP contribution in [-0.2, 0) is 11.2 Å². The van der Waals surface area contributed by atoms with E-state index in [0.29, 0.717) is 30.2 Å². The molecule has 0 atom stereocenters. The molecule has 5 nitrogen and oxygen atoms in total. The highest BCUT2D eigenvalue weighted by Gasteiger charge is 2.13. The van der Waals surface area contributed by atoms with E-state index in [1.165, 1.54) is 0 Å². The summed E-state index contributed by atoms with van der Waals surface area (Å²) in [7, 11) is 3.21. The largest absolute Gasteiger partial charge is 0.493 e. The van der Waals surface area contributed by atoms with Gasteiger partial charge in [0.25, 0.3) is 5.91 Å². The van der Waals surface area contributed by atoms with Gasteiger partial charge in [-0.1, -0.05) is 35.9 Å². The molecule has 0 aromatic heterocycles. The average Bonchev–Trinajstić information content (AvgIpc) is 2.63. The van der Waals surface area contributed by atoms with Gasteiger partial charge in [-0.3, -0.25) is 4.79 Å². The third-order valence-electron chi connectivity index (χ3n) is 3.77. The zero-order valence-electron chi connectivity index (χ0n) is 14.5. The van der Waals surface area contributed by atoms with Gasteiger partial charge in [0.2, 0.25) is 0 Å². The minimum Gasteiger partial charge on any atom is -0.493 e. The van der Waals surface area contributed by atoms with Crippen molar-refractivity contribution in [2.45, 2.75) is 13.3 Å². The van der Waals surface area contributed by atoms with E-state index in [4.69, 9.17) is 9.47 Å². The Morgan fingerprint density at radius 1 is 1.08 bits per heavy atom. The molecule has 25 heavy (non-hydrogen) atoms. The number of rotatable bonds is 7. The predicted molar refractivity (Wildman–Crippen MR) is 108 cm³/mol. The van der Waals surface area contributed by atoms with Crippen molar-refractivity contribution in [2.24, 2.45) is 3.21 Å². The molecule has 2 aromatic carbocycles. The monoisotopic (exact) mass is 452 g/mol. The van der Waals surface area contributed by atoms with Crippen LogP contribution >= 0.6 is 22.9 Å². The van der Waals surface area contributed by atoms with Crippen molar-refractivity contribution >= 4 is 34.5 Å². The first-order valence-corrected chi connectivity index (χ1v) is 8.80. The molecule has 0 fully saturated rings. The number of halogens is 1. The lowest BCUT2D eigenvalue weighted by molar-refractivity contribution is -0.114. The maximum atomic E-state index is 12.4. The van der Waals surface area contributed by atoms with Crippen molar-refractivity contribution in [1.29, 1.82) is 0 Å². The Hall–Kier alpha value is -2.09. The van der Waals surface area contributed by atoms with E-state index in [0.717, 1.165) is 16.7 Å². The number of benzene rings is 2. The van der Waals surface area contributed by atoms with Crippen LogP contribution in [0.2, 0.25) is 0 Å². The van der Waals surface area contributed by atoms with Crippen LogP contribution in [0.4, 0.5) is 0 Å². The highest BCUT2D eigenvalue weighted by Crippen LogP contribution is 2.27. The predicted octanol–water partition coefficient (Wildman–Crippen LogP) is 3.51. The molecule has 0 heterocycles. The molecule has 2 rings (SSSR count). The number of hydrogen-bond acceptors (Lipinski definition) is 4. The van der Waals surface area contributed by atoms with Gasteiger partial charge in [0.1, 0.15) is 5.71 Å². The molecular formula is C19H21IN2O3. The third kappa shape index (κ3) is 5.19. The maximum Gasteiger partial charge on any atom is 0.271 e. The zero-order valence-corrected chi connectivity index (χ0v) is 16.7. The van der Waals surface area contributed by atoms with Crippen molar-refractivity contribution in [3.8, 4) is 11.5 Å². The van der Waals surface area contributed by atoms with E-state index in [1.807, 2.05) is 72.3 Å². The number of nitrogens with one attached hydrogen (secondary N) is 1. The van der Waals surface area contributed by atoms with Crippen molar-refractivity contribution in [3.63, 3.8) is 0 Å². The molecule has 0 aliphatic carbocycles. The summed E-state index contributed by atoms with van der Waals surface area (Å²) in [6.45, 7) is 2.52. The second kappa shape index (κ2) is 9.41. The lowest BCUT2D eigenvalue weighted by atomic mass is 10.1. The average molecular weight is 452 g/mol. The van der Waals surface area contributed by atoms with E-state index in [2.05, 4.69) is 8.52 Å². The molecule has 0 saturated heterocycles. The molecule has 1 amide bonds. The lowest BCUT2D eigenvalue weighted by Gasteiger charge is -2.10. The summed E-state index contributed by atoms with van der Waals surface area (Å²) in [5.74, 6) is 1.19. The zero-order chi connectivity index (χ0) is 18.2. The number of carbonyl (C=O) groups is 1. The molecule has 0 saturated carbocycles. The van der Waals surface area contributed by atoms with Gasteiger partial charge in [-0.2, -0.15) is 0 Å². The van der Waals surface area contributed by atoms with E-state index in [9.17, 15) is 4.79 Å². The first-order valence-electron chi connectivity index (χ1n) is 7.84. The quantitative estimate of drug-likeness (QED) is 0.517. The summed E-state index contributed by atoms with van der Waals surface area (Å²) in [4.78, 5) is 12.4. The van der Waals surface area contributed by atoms with E-state index < -0.39 is 0 Å². The van der Waals surface area contributed by atoms with Gasteiger partial charge in [-0.15, -0.1) is 0 Å². The molecule has 0 spiro atoms. The first kappa shape index (κ1) is 19.2. The van der Waals surface area contributed by atoms with Gasteiger partial charge >= 0.3 is 0 Å². The second-order valence-corrected chi connectivity index (χ2v) is 5.98. The summed E-state index contributed by atoms with van der Waals surface area (Å²) in [5.41, 5.74) is 3.43. The minimum atomic E-state index is -0.182. The summed E-state index contributed by atoms with van der Waals surface area (Å²) in [6, 6.07) is 13.5. The van der Waals surface area contributed by atoms with E-state index >= 15 is 0 Å². The van der Waals surface area contributed by atoms with Crippen molar-refractivity contribution < 1.29 is 14.3 Å². The Balaban J connectivity index is 1.96. The summed E-state index contributed by atoms with van der Waals surface area (Å²) in [6.07, 6.45) is 0.689. The van der Waals surface area contributed by atoms with Gasteiger partial charge < -0.3 is 14.8 Å². The molecule has 132 valence electrons. The van der Waals surface area contributed by atoms with Gasteiger partial charge in [-0.05, 0) is 31.0 Å². The number of carbonyl (C=O) groups excluding carboxylic acids is 1. The SMILES string of the molecule is COc1ccc(CCNC(=O)/C(=N\I)c2ccc(C)cc2)cc1OC. The fourth-order valence-electron chi connectivity index (χ4n) is 2.37. The van der Waals surface area contributed by atoms with Crippen molar-refractivity contribution in [1.82, 2.24) is 5.32 Å². The van der Waals surface area contributed by atoms with Crippen LogP contribution < -0.4 is 14.8 Å². The van der Waals surface area contributed by atoms with Crippen molar-refractivity contribution in [2.75, 3.05) is 20.8 Å². The van der Waals surface area contributed by atoms with E-state index in [-0.39, 0.29) is 5.91 Å². The molecule has 0 unspecified atom stereocenters. The molecule has 6 heteroatoms. The highest BCUT2D eigenvalue weighted by molar-refractivity contribution is 14.1. The summed E-state index contributed by atoms with van der Waals surface area (Å²) >= 11 is 1.85. The first-order chi connectivity index (χ1) is 12.1. The molecule has 1 N–H and O–H groups in total. The second-order valence-electron chi connectivity index (χ2n) is 5.49. The molecule has 0 bridgehead atoms. The molecule has 0 radical (unpaired) electrons. The van der Waals surface area contributed by atoms with Gasteiger partial charge in [0, 0.05) is 12.1 Å². The number of methoxy groups -OCH3 is 2. The van der Waals surface area contributed by atoms with Gasteiger partial charge in [-0.25, -0.2) is 3.21 Å². The van der Waals surface area contributed by atoms with Crippen LogP contribution in [0.3, 0.4) is 0 Å². The van der Waals surface area contributed by atoms with E-state index in [1.54, 1.807) is 14.2 Å². The summed E-state index contributed by atoms with van der Waals surface area (Å²) in [5, 5.41) is 2.91. The van der Waals surface area contributed by atoms with Gasteiger partial charge in [0.05, 0.1) is 37.1 Å². The van der Waals surface area contributed by atoms with Crippen LogP contribution in [0.5, 0.6) is 11.5 Å². The Kier molecular flexibility index (Phi) is 7.24. The topological polar surface area (TPSA) is 59.9 Å².